The number of Topliss-reactive ketones (excluding diaryl/α,β-unsaturated/α-hetero) is 1. The number of esters is 1. The number of carbonyl (C=O) groups excluding carboxylic acids is 2. The van der Waals surface area contributed by atoms with Crippen molar-refractivity contribution in [3.05, 3.63) is 33.8 Å². The Morgan fingerprint density at radius 1 is 1.22 bits per heavy atom. The van der Waals surface area contributed by atoms with Crippen molar-refractivity contribution in [2.24, 2.45) is 0 Å². The van der Waals surface area contributed by atoms with Gasteiger partial charge in [0.1, 0.15) is 0 Å². The van der Waals surface area contributed by atoms with Crippen LogP contribution in [-0.4, -0.2) is 30.6 Å². The summed E-state index contributed by atoms with van der Waals surface area (Å²) in [6.07, 6.45) is 2.46. The zero-order valence-corrected chi connectivity index (χ0v) is 14.5. The maximum absolute atomic E-state index is 13.2. The number of hydrogen-bond acceptors (Lipinski definition) is 4. The molecule has 0 radical (unpaired) electrons. The monoisotopic (exact) mass is 356 g/mol. The predicted octanol–water partition coefficient (Wildman–Crippen LogP) is 3.70. The van der Waals surface area contributed by atoms with Crippen molar-refractivity contribution in [1.29, 1.82) is 0 Å². The molecule has 1 saturated heterocycles. The van der Waals surface area contributed by atoms with Crippen LogP contribution in [-0.2, 0) is 24.5 Å². The third-order valence-corrected chi connectivity index (χ3v) is 5.66. The van der Waals surface area contributed by atoms with Crippen LogP contribution in [0.4, 0.5) is 0 Å². The molecule has 1 unspecified atom stereocenters. The van der Waals surface area contributed by atoms with Crippen molar-refractivity contribution in [3.8, 4) is 0 Å². The lowest BCUT2D eigenvalue weighted by atomic mass is 9.70. The number of methoxy groups -OCH3 is 1. The molecular formula is C17H18Cl2O4. The first-order valence-corrected chi connectivity index (χ1v) is 8.36. The fourth-order valence-electron chi connectivity index (χ4n) is 3.62. The molecule has 1 aromatic rings. The molecule has 1 heterocycles. The van der Waals surface area contributed by atoms with Crippen LogP contribution in [0.5, 0.6) is 0 Å². The van der Waals surface area contributed by atoms with Gasteiger partial charge in [-0.2, -0.15) is 0 Å². The topological polar surface area (TPSA) is 52.6 Å². The minimum Gasteiger partial charge on any atom is -0.450 e. The number of carbonyl (C=O) groups is 2. The SMILES string of the molecule is COC1CCC2(CC1)OC(=O)C(C)(c1ccc(Cl)cc1Cl)C2=O. The third kappa shape index (κ3) is 2.48. The van der Waals surface area contributed by atoms with Crippen molar-refractivity contribution >= 4 is 35.0 Å². The molecule has 0 amide bonds. The maximum Gasteiger partial charge on any atom is 0.325 e. The lowest BCUT2D eigenvalue weighted by Gasteiger charge is -2.34. The lowest BCUT2D eigenvalue weighted by molar-refractivity contribution is -0.158. The van der Waals surface area contributed by atoms with E-state index in [1.54, 1.807) is 26.2 Å². The summed E-state index contributed by atoms with van der Waals surface area (Å²) in [5.74, 6) is -0.753. The number of rotatable bonds is 2. The summed E-state index contributed by atoms with van der Waals surface area (Å²) in [6, 6.07) is 4.79. The number of ketones is 1. The molecule has 2 fully saturated rings. The van der Waals surface area contributed by atoms with Crippen molar-refractivity contribution in [3.63, 3.8) is 0 Å². The summed E-state index contributed by atoms with van der Waals surface area (Å²) in [7, 11) is 1.66. The van der Waals surface area contributed by atoms with E-state index in [1.807, 2.05) is 0 Å². The van der Waals surface area contributed by atoms with Crippen molar-refractivity contribution in [2.45, 2.75) is 49.7 Å². The Morgan fingerprint density at radius 3 is 2.43 bits per heavy atom. The normalized spacial score (nSPS) is 34.0. The fourth-order valence-corrected chi connectivity index (χ4v) is 4.22. The number of halogens is 2. The highest BCUT2D eigenvalue weighted by molar-refractivity contribution is 6.36. The van der Waals surface area contributed by atoms with Crippen LogP contribution >= 0.6 is 23.2 Å². The van der Waals surface area contributed by atoms with E-state index in [2.05, 4.69) is 0 Å². The Balaban J connectivity index is 1.98. The Labute approximate surface area is 145 Å². The molecule has 0 N–H and O–H groups in total. The molecule has 1 spiro atoms. The standard InChI is InChI=1S/C17H18Cl2O4/c1-16(12-4-3-10(18)9-13(12)19)14(20)17(23-15(16)21)7-5-11(22-2)6-8-17/h3-4,9,11H,5-8H2,1-2H3. The molecule has 0 bridgehead atoms. The number of benzene rings is 1. The van der Waals surface area contributed by atoms with Gasteiger partial charge in [-0.15, -0.1) is 0 Å². The molecule has 1 aromatic carbocycles. The molecule has 1 aliphatic carbocycles. The number of hydrogen-bond donors (Lipinski definition) is 0. The Hall–Kier alpha value is -1.10. The first-order valence-electron chi connectivity index (χ1n) is 7.60. The minimum absolute atomic E-state index is 0.109. The van der Waals surface area contributed by atoms with Gasteiger partial charge in [-0.05, 0) is 50.3 Å². The second kappa shape index (κ2) is 5.76. The van der Waals surface area contributed by atoms with Crippen molar-refractivity contribution in [1.82, 2.24) is 0 Å². The second-order valence-electron chi connectivity index (χ2n) is 6.40. The van der Waals surface area contributed by atoms with E-state index < -0.39 is 17.0 Å². The Bertz CT molecular complexity index is 665. The van der Waals surface area contributed by atoms with Gasteiger partial charge in [0.25, 0.3) is 0 Å². The first kappa shape index (κ1) is 16.7. The van der Waals surface area contributed by atoms with E-state index in [9.17, 15) is 9.59 Å². The van der Waals surface area contributed by atoms with Gasteiger partial charge in [0, 0.05) is 17.2 Å². The quantitative estimate of drug-likeness (QED) is 0.598. The summed E-state index contributed by atoms with van der Waals surface area (Å²) >= 11 is 12.2. The molecule has 6 heteroatoms. The summed E-state index contributed by atoms with van der Waals surface area (Å²) in [4.78, 5) is 25.8. The fraction of sp³-hybridized carbons (Fsp3) is 0.529. The summed E-state index contributed by atoms with van der Waals surface area (Å²) in [5, 5.41) is 0.754. The van der Waals surface area contributed by atoms with Crippen LogP contribution in [0.3, 0.4) is 0 Å². The molecule has 2 aliphatic rings. The zero-order chi connectivity index (χ0) is 16.8. The molecule has 0 aromatic heterocycles. The first-order chi connectivity index (χ1) is 10.8. The van der Waals surface area contributed by atoms with Gasteiger partial charge in [0.2, 0.25) is 0 Å². The van der Waals surface area contributed by atoms with Gasteiger partial charge in [-0.1, -0.05) is 29.3 Å². The molecule has 1 saturated carbocycles. The molecule has 1 aliphatic heterocycles. The zero-order valence-electron chi connectivity index (χ0n) is 13.0. The van der Waals surface area contributed by atoms with Crippen LogP contribution in [0, 0.1) is 0 Å². The summed E-state index contributed by atoms with van der Waals surface area (Å²) in [5.41, 5.74) is -1.99. The largest absolute Gasteiger partial charge is 0.450 e. The van der Waals surface area contributed by atoms with Gasteiger partial charge in [0.05, 0.1) is 6.10 Å². The van der Waals surface area contributed by atoms with Crippen molar-refractivity contribution < 1.29 is 19.1 Å². The maximum atomic E-state index is 13.2. The lowest BCUT2D eigenvalue weighted by Crippen LogP contribution is -2.46. The Kier molecular flexibility index (Phi) is 4.20. The highest BCUT2D eigenvalue weighted by Gasteiger charge is 2.64. The van der Waals surface area contributed by atoms with E-state index >= 15 is 0 Å². The molecule has 124 valence electrons. The van der Waals surface area contributed by atoms with E-state index in [0.717, 1.165) is 0 Å². The second-order valence-corrected chi connectivity index (χ2v) is 7.24. The van der Waals surface area contributed by atoms with E-state index in [0.29, 0.717) is 41.3 Å². The van der Waals surface area contributed by atoms with Crippen LogP contribution < -0.4 is 0 Å². The van der Waals surface area contributed by atoms with Gasteiger partial charge in [-0.25, -0.2) is 0 Å². The van der Waals surface area contributed by atoms with E-state index in [1.165, 1.54) is 6.07 Å². The molecule has 1 atom stereocenters. The van der Waals surface area contributed by atoms with E-state index in [-0.39, 0.29) is 11.9 Å². The molecule has 3 rings (SSSR count). The number of ether oxygens (including phenoxy) is 2. The highest BCUT2D eigenvalue weighted by atomic mass is 35.5. The van der Waals surface area contributed by atoms with Gasteiger partial charge >= 0.3 is 5.97 Å². The van der Waals surface area contributed by atoms with Crippen LogP contribution in [0.1, 0.15) is 38.2 Å². The molecule has 4 nitrogen and oxygen atoms in total. The Morgan fingerprint density at radius 2 is 1.87 bits per heavy atom. The smallest absolute Gasteiger partial charge is 0.325 e. The molecule has 23 heavy (non-hydrogen) atoms. The predicted molar refractivity (Wildman–Crippen MR) is 86.9 cm³/mol. The summed E-state index contributed by atoms with van der Waals surface area (Å²) < 4.78 is 11.0. The minimum atomic E-state index is -1.39. The van der Waals surface area contributed by atoms with Gasteiger partial charge in [-0.3, -0.25) is 9.59 Å². The third-order valence-electron chi connectivity index (χ3n) is 5.11. The van der Waals surface area contributed by atoms with Crippen LogP contribution in [0.25, 0.3) is 0 Å². The van der Waals surface area contributed by atoms with Crippen molar-refractivity contribution in [2.75, 3.05) is 7.11 Å². The summed E-state index contributed by atoms with van der Waals surface area (Å²) in [6.45, 7) is 1.59. The van der Waals surface area contributed by atoms with E-state index in [4.69, 9.17) is 32.7 Å². The van der Waals surface area contributed by atoms with Crippen LogP contribution in [0.15, 0.2) is 18.2 Å². The average molecular weight is 357 g/mol. The highest BCUT2D eigenvalue weighted by Crippen LogP contribution is 2.48. The van der Waals surface area contributed by atoms with Gasteiger partial charge < -0.3 is 9.47 Å². The van der Waals surface area contributed by atoms with Crippen LogP contribution in [0.2, 0.25) is 10.0 Å². The molecular weight excluding hydrogens is 339 g/mol. The van der Waals surface area contributed by atoms with Gasteiger partial charge in [0.15, 0.2) is 16.8 Å². The average Bonchev–Trinajstić information content (AvgIpc) is 2.70.